The van der Waals surface area contributed by atoms with Crippen LogP contribution in [-0.4, -0.2) is 14.5 Å². The van der Waals surface area contributed by atoms with Gasteiger partial charge in [-0.1, -0.05) is 189 Å². The molecule has 0 bridgehead atoms. The summed E-state index contributed by atoms with van der Waals surface area (Å²) in [7, 11) is 0. The third-order valence-electron chi connectivity index (χ3n) is 12.2. The molecule has 0 amide bonds. The van der Waals surface area contributed by atoms with Gasteiger partial charge in [-0.15, -0.1) is 11.3 Å². The van der Waals surface area contributed by atoms with E-state index in [0.29, 0.717) is 5.95 Å². The molecule has 11 aromatic rings. The van der Waals surface area contributed by atoms with Gasteiger partial charge in [-0.2, -0.15) is 0 Å². The van der Waals surface area contributed by atoms with E-state index in [1.54, 1.807) is 0 Å². The smallest absolute Gasteiger partial charge is 0.235 e. The predicted octanol–water partition coefficient (Wildman–Crippen LogP) is 15.4. The third kappa shape index (κ3) is 5.72. The Morgan fingerprint density at radius 3 is 2.10 bits per heavy atom. The summed E-state index contributed by atoms with van der Waals surface area (Å²) in [5.41, 5.74) is 13.2. The average molecular weight is 796 g/mol. The average Bonchev–Trinajstić information content (AvgIpc) is 3.87. The molecule has 4 heteroatoms. The number of allylic oxidation sites excluding steroid dienone is 5. The van der Waals surface area contributed by atoms with E-state index in [4.69, 9.17) is 16.5 Å². The first-order chi connectivity index (χ1) is 30.2. The highest BCUT2D eigenvalue weighted by atomic mass is 32.1. The predicted molar refractivity (Wildman–Crippen MR) is 260 cm³/mol. The lowest BCUT2D eigenvalue weighted by Gasteiger charge is -2.17. The van der Waals surface area contributed by atoms with Gasteiger partial charge in [0.2, 0.25) is 5.95 Å². The van der Waals surface area contributed by atoms with Crippen molar-refractivity contribution < 1.29 is 0 Å². The third-order valence-corrected chi connectivity index (χ3v) is 13.5. The fraction of sp³-hybridized carbons (Fsp3) is 0.0175. The van der Waals surface area contributed by atoms with E-state index in [9.17, 15) is 0 Å². The van der Waals surface area contributed by atoms with E-state index >= 15 is 0 Å². The molecule has 0 aliphatic heterocycles. The molecule has 61 heavy (non-hydrogen) atoms. The molecule has 286 valence electrons. The summed E-state index contributed by atoms with van der Waals surface area (Å²) in [6.45, 7) is 4.73. The second-order valence-corrected chi connectivity index (χ2v) is 16.7. The maximum absolute atomic E-state index is 5.72. The molecule has 3 heterocycles. The molecule has 0 saturated carbocycles. The molecule has 0 N–H and O–H groups in total. The number of rotatable bonds is 4. The molecule has 0 fully saturated rings. The number of para-hydroxylation sites is 1. The molecule has 1 aliphatic carbocycles. The van der Waals surface area contributed by atoms with Crippen LogP contribution in [0.1, 0.15) is 11.1 Å². The number of nitrogens with zero attached hydrogens (tertiary/aromatic N) is 3. The van der Waals surface area contributed by atoms with Crippen LogP contribution in [0.3, 0.4) is 0 Å². The summed E-state index contributed by atoms with van der Waals surface area (Å²) >= 11 is 1.86. The largest absolute Gasteiger partial charge is 0.276 e. The number of benzene rings is 8. The van der Waals surface area contributed by atoms with Gasteiger partial charge in [0.25, 0.3) is 0 Å². The van der Waals surface area contributed by atoms with Crippen molar-refractivity contribution in [2.24, 2.45) is 0 Å². The highest BCUT2D eigenvalue weighted by molar-refractivity contribution is 7.23. The Hall–Kier alpha value is -7.66. The number of hydrogen-bond acceptors (Lipinski definition) is 3. The fourth-order valence-electron chi connectivity index (χ4n) is 9.41. The Morgan fingerprint density at radius 2 is 1.21 bits per heavy atom. The van der Waals surface area contributed by atoms with Gasteiger partial charge in [0.05, 0.1) is 27.3 Å². The molecule has 0 unspecified atom stereocenters. The molecule has 0 radical (unpaired) electrons. The van der Waals surface area contributed by atoms with Gasteiger partial charge >= 0.3 is 0 Å². The first-order valence-electron chi connectivity index (χ1n) is 20.7. The first-order valence-corrected chi connectivity index (χ1v) is 21.6. The van der Waals surface area contributed by atoms with Crippen LogP contribution in [0.5, 0.6) is 0 Å². The van der Waals surface area contributed by atoms with Crippen molar-refractivity contribution in [1.29, 1.82) is 0 Å². The van der Waals surface area contributed by atoms with Crippen molar-refractivity contribution in [1.82, 2.24) is 14.5 Å². The molecular weight excluding hydrogens is 759 g/mol. The van der Waals surface area contributed by atoms with Crippen LogP contribution in [0.2, 0.25) is 0 Å². The maximum Gasteiger partial charge on any atom is 0.235 e. The molecule has 3 aromatic heterocycles. The topological polar surface area (TPSA) is 30.7 Å². The molecule has 1 aliphatic rings. The van der Waals surface area contributed by atoms with E-state index < -0.39 is 0 Å². The van der Waals surface area contributed by atoms with Crippen LogP contribution in [0.15, 0.2) is 207 Å². The Morgan fingerprint density at radius 1 is 0.541 bits per heavy atom. The fourth-order valence-corrected chi connectivity index (χ4v) is 10.8. The van der Waals surface area contributed by atoms with Gasteiger partial charge in [-0.3, -0.25) is 4.57 Å². The Bertz CT molecular complexity index is 3630. The molecule has 0 saturated heterocycles. The zero-order valence-corrected chi connectivity index (χ0v) is 34.0. The van der Waals surface area contributed by atoms with Crippen LogP contribution in [0.25, 0.3) is 109 Å². The summed E-state index contributed by atoms with van der Waals surface area (Å²) in [6.07, 6.45) is 9.45. The standard InChI is InChI=1S/C57H37N3S/c1-36-17-4-2-7-27-47-46-31-16-29-44(41-24-14-23-40(35-41)37-18-5-3-6-19-37)55(46)61-56(47)54-51(36)48-28-12-13-32-50(48)60(54)57-58-49-34-33-39-21-9-11-26-43(39)52(49)53(59-57)45-30-15-22-38-20-8-10-25-42(38)45/h2-26,28-35H,1,27H2/b7-2-,17-4-. The Labute approximate surface area is 357 Å². The number of hydrogen-bond donors (Lipinski definition) is 0. The van der Waals surface area contributed by atoms with Crippen LogP contribution in [0.4, 0.5) is 0 Å². The van der Waals surface area contributed by atoms with Crippen LogP contribution in [0, 0.1) is 0 Å². The zero-order chi connectivity index (χ0) is 40.4. The Balaban J connectivity index is 1.19. The first kappa shape index (κ1) is 35.3. The molecule has 12 rings (SSSR count). The van der Waals surface area contributed by atoms with Crippen LogP contribution < -0.4 is 0 Å². The quantitative estimate of drug-likeness (QED) is 0.166. The summed E-state index contributed by atoms with van der Waals surface area (Å²) in [5, 5.41) is 8.05. The lowest BCUT2D eigenvalue weighted by Crippen LogP contribution is -2.06. The lowest BCUT2D eigenvalue weighted by atomic mass is 9.95. The van der Waals surface area contributed by atoms with Crippen molar-refractivity contribution >= 4 is 70.3 Å². The Kier molecular flexibility index (Phi) is 8.25. The lowest BCUT2D eigenvalue weighted by molar-refractivity contribution is 0.991. The summed E-state index contributed by atoms with van der Waals surface area (Å²) in [6, 6.07) is 63.1. The summed E-state index contributed by atoms with van der Waals surface area (Å²) in [5.74, 6) is 0.631. The van der Waals surface area contributed by atoms with Gasteiger partial charge < -0.3 is 0 Å². The van der Waals surface area contributed by atoms with Crippen molar-refractivity contribution in [3.63, 3.8) is 0 Å². The van der Waals surface area contributed by atoms with Crippen molar-refractivity contribution in [3.8, 4) is 50.0 Å². The summed E-state index contributed by atoms with van der Waals surface area (Å²) in [4.78, 5) is 12.5. The molecular formula is C57H37N3S. The van der Waals surface area contributed by atoms with E-state index in [1.165, 1.54) is 48.2 Å². The molecule has 3 nitrogen and oxygen atoms in total. The number of thiophene rings is 1. The maximum atomic E-state index is 5.72. The summed E-state index contributed by atoms with van der Waals surface area (Å²) < 4.78 is 3.58. The minimum atomic E-state index is 0.631. The van der Waals surface area contributed by atoms with Gasteiger partial charge in [0.15, 0.2) is 0 Å². The van der Waals surface area contributed by atoms with Crippen molar-refractivity contribution in [2.45, 2.75) is 6.42 Å². The van der Waals surface area contributed by atoms with Gasteiger partial charge in [0.1, 0.15) is 0 Å². The van der Waals surface area contributed by atoms with Gasteiger partial charge in [-0.25, -0.2) is 9.97 Å². The van der Waals surface area contributed by atoms with Crippen LogP contribution in [-0.2, 0) is 6.42 Å². The van der Waals surface area contributed by atoms with Gasteiger partial charge in [-0.05, 0) is 84.9 Å². The SMILES string of the molecule is C=C1/C=C\C=C/Cc2c(sc3c(-c4cccc(-c5ccccc5)c4)cccc23)-c2c1c1ccccc1n2-c1nc(-c2cccc3ccccc23)c2c(ccc3ccccc32)n1. The van der Waals surface area contributed by atoms with E-state index in [-0.39, 0.29) is 0 Å². The molecule has 0 spiro atoms. The second kappa shape index (κ2) is 14.3. The van der Waals surface area contributed by atoms with Gasteiger partial charge in [0, 0.05) is 26.6 Å². The monoisotopic (exact) mass is 795 g/mol. The highest BCUT2D eigenvalue weighted by Gasteiger charge is 2.28. The second-order valence-electron chi connectivity index (χ2n) is 15.7. The van der Waals surface area contributed by atoms with Crippen molar-refractivity contribution in [3.05, 3.63) is 218 Å². The van der Waals surface area contributed by atoms with Crippen molar-refractivity contribution in [2.75, 3.05) is 0 Å². The molecule has 8 aromatic carbocycles. The van der Waals surface area contributed by atoms with E-state index in [0.717, 1.165) is 72.5 Å². The van der Waals surface area contributed by atoms with Crippen LogP contribution >= 0.6 is 11.3 Å². The zero-order valence-electron chi connectivity index (χ0n) is 33.2. The van der Waals surface area contributed by atoms with E-state index in [1.807, 2.05) is 11.3 Å². The molecule has 0 atom stereocenters. The van der Waals surface area contributed by atoms with E-state index in [2.05, 4.69) is 205 Å². The minimum absolute atomic E-state index is 0.631. The normalized spacial score (nSPS) is 13.8. The number of fused-ring (bicyclic) bond motifs is 11. The number of aromatic nitrogens is 3. The minimum Gasteiger partial charge on any atom is -0.276 e. The highest BCUT2D eigenvalue weighted by Crippen LogP contribution is 2.49.